The average Bonchev–Trinajstić information content (AvgIpc) is 2.72. The number of benzene rings is 2. The van der Waals surface area contributed by atoms with Crippen LogP contribution in [0.1, 0.15) is 33.3 Å². The van der Waals surface area contributed by atoms with Gasteiger partial charge in [-0.25, -0.2) is 0 Å². The monoisotopic (exact) mass is 324 g/mol. The SMILES string of the molecule is CN(C)/N=C/c1c(B2OC(C)(C)C(C)(C)O2)ccc2ccccc12. The zero-order valence-corrected chi connectivity index (χ0v) is 15.3. The third-order valence-corrected chi connectivity index (χ3v) is 4.93. The first-order chi connectivity index (χ1) is 11.2. The van der Waals surface area contributed by atoms with E-state index in [1.165, 1.54) is 5.39 Å². The van der Waals surface area contributed by atoms with E-state index in [-0.39, 0.29) is 11.2 Å². The van der Waals surface area contributed by atoms with E-state index in [0.29, 0.717) is 0 Å². The molecule has 2 aromatic rings. The summed E-state index contributed by atoms with van der Waals surface area (Å²) in [6.45, 7) is 8.28. The zero-order valence-electron chi connectivity index (χ0n) is 15.3. The molecule has 0 atom stereocenters. The van der Waals surface area contributed by atoms with Gasteiger partial charge in [-0.1, -0.05) is 36.4 Å². The van der Waals surface area contributed by atoms with Crippen LogP contribution in [0.5, 0.6) is 0 Å². The van der Waals surface area contributed by atoms with Crippen molar-refractivity contribution in [1.29, 1.82) is 0 Å². The quantitative estimate of drug-likeness (QED) is 0.494. The summed E-state index contributed by atoms with van der Waals surface area (Å²) in [6, 6.07) is 12.5. The fraction of sp³-hybridized carbons (Fsp3) is 0.421. The molecule has 4 nitrogen and oxygen atoms in total. The van der Waals surface area contributed by atoms with Crippen LogP contribution < -0.4 is 5.46 Å². The Morgan fingerprint density at radius 2 is 1.58 bits per heavy atom. The molecule has 0 saturated carbocycles. The van der Waals surface area contributed by atoms with Crippen molar-refractivity contribution in [2.45, 2.75) is 38.9 Å². The Hall–Kier alpha value is -1.85. The largest absolute Gasteiger partial charge is 0.495 e. The highest BCUT2D eigenvalue weighted by atomic mass is 16.7. The van der Waals surface area contributed by atoms with E-state index in [2.05, 4.69) is 57.1 Å². The van der Waals surface area contributed by atoms with Gasteiger partial charge in [-0.3, -0.25) is 0 Å². The number of nitrogens with zero attached hydrogens (tertiary/aromatic N) is 2. The van der Waals surface area contributed by atoms with Crippen molar-refractivity contribution >= 4 is 29.6 Å². The van der Waals surface area contributed by atoms with Gasteiger partial charge in [0, 0.05) is 19.7 Å². The van der Waals surface area contributed by atoms with E-state index in [1.807, 2.05) is 32.4 Å². The highest BCUT2D eigenvalue weighted by Gasteiger charge is 2.52. The number of hydrogen-bond donors (Lipinski definition) is 0. The summed E-state index contributed by atoms with van der Waals surface area (Å²) in [5.41, 5.74) is 1.33. The molecule has 2 aromatic carbocycles. The molecule has 1 saturated heterocycles. The first-order valence-electron chi connectivity index (χ1n) is 8.30. The molecule has 0 N–H and O–H groups in total. The molecular formula is C19H25BN2O2. The van der Waals surface area contributed by atoms with Gasteiger partial charge in [-0.15, -0.1) is 0 Å². The number of hydrazone groups is 1. The minimum atomic E-state index is -0.400. The first-order valence-corrected chi connectivity index (χ1v) is 8.30. The van der Waals surface area contributed by atoms with E-state index in [4.69, 9.17) is 9.31 Å². The molecule has 126 valence electrons. The normalized spacial score (nSPS) is 19.3. The fourth-order valence-corrected chi connectivity index (χ4v) is 2.81. The highest BCUT2D eigenvalue weighted by molar-refractivity contribution is 6.64. The van der Waals surface area contributed by atoms with Crippen LogP contribution in [-0.2, 0) is 9.31 Å². The molecule has 0 spiro atoms. The summed E-state index contributed by atoms with van der Waals surface area (Å²) in [6.07, 6.45) is 1.89. The standard InChI is InChI=1S/C19H25BN2O2/c1-18(2)19(3,4)24-20(23-18)17-12-11-14-9-7-8-10-15(14)16(17)13-21-22(5)6/h7-13H,1-6H3/b21-13+. The predicted octanol–water partition coefficient (Wildman–Crippen LogP) is 3.03. The Bertz CT molecular complexity index is 768. The van der Waals surface area contributed by atoms with Gasteiger partial charge >= 0.3 is 7.12 Å². The maximum absolute atomic E-state index is 6.25. The van der Waals surface area contributed by atoms with E-state index in [0.717, 1.165) is 16.4 Å². The summed E-state index contributed by atoms with van der Waals surface area (Å²) < 4.78 is 12.5. The van der Waals surface area contributed by atoms with Gasteiger partial charge in [-0.2, -0.15) is 5.10 Å². The van der Waals surface area contributed by atoms with E-state index in [9.17, 15) is 0 Å². The second-order valence-corrected chi connectivity index (χ2v) is 7.47. The predicted molar refractivity (Wildman–Crippen MR) is 101 cm³/mol. The second-order valence-electron chi connectivity index (χ2n) is 7.47. The molecule has 0 amide bonds. The van der Waals surface area contributed by atoms with Crippen molar-refractivity contribution in [3.8, 4) is 0 Å². The molecule has 1 aliphatic rings. The van der Waals surface area contributed by atoms with Crippen molar-refractivity contribution in [2.75, 3.05) is 14.1 Å². The van der Waals surface area contributed by atoms with Crippen LogP contribution in [0, 0.1) is 0 Å². The zero-order chi connectivity index (χ0) is 17.5. The van der Waals surface area contributed by atoms with E-state index in [1.54, 1.807) is 5.01 Å². The van der Waals surface area contributed by atoms with Crippen molar-refractivity contribution in [1.82, 2.24) is 5.01 Å². The van der Waals surface area contributed by atoms with Gasteiger partial charge in [-0.05, 0) is 43.9 Å². The Balaban J connectivity index is 2.13. The lowest BCUT2D eigenvalue weighted by molar-refractivity contribution is 0.00578. The lowest BCUT2D eigenvalue weighted by Crippen LogP contribution is -2.41. The summed E-state index contributed by atoms with van der Waals surface area (Å²) in [7, 11) is 3.43. The molecular weight excluding hydrogens is 299 g/mol. The van der Waals surface area contributed by atoms with Crippen LogP contribution in [-0.4, -0.2) is 43.6 Å². The Morgan fingerprint density at radius 3 is 2.21 bits per heavy atom. The van der Waals surface area contributed by atoms with Crippen LogP contribution >= 0.6 is 0 Å². The first kappa shape index (κ1) is 17.0. The average molecular weight is 324 g/mol. The van der Waals surface area contributed by atoms with Gasteiger partial charge in [0.1, 0.15) is 0 Å². The van der Waals surface area contributed by atoms with Crippen LogP contribution in [0.3, 0.4) is 0 Å². The summed E-state index contributed by atoms with van der Waals surface area (Å²) in [5.74, 6) is 0. The number of fused-ring (bicyclic) bond motifs is 1. The van der Waals surface area contributed by atoms with Gasteiger partial charge in [0.15, 0.2) is 0 Å². The van der Waals surface area contributed by atoms with Crippen molar-refractivity contribution in [3.05, 3.63) is 42.0 Å². The van der Waals surface area contributed by atoms with Crippen molar-refractivity contribution in [2.24, 2.45) is 5.10 Å². The minimum Gasteiger partial charge on any atom is -0.399 e. The topological polar surface area (TPSA) is 34.1 Å². The van der Waals surface area contributed by atoms with Crippen LogP contribution in [0.25, 0.3) is 10.8 Å². The molecule has 3 rings (SSSR count). The summed E-state index contributed by atoms with van der Waals surface area (Å²) in [4.78, 5) is 0. The summed E-state index contributed by atoms with van der Waals surface area (Å²) in [5, 5.41) is 8.56. The molecule has 0 aromatic heterocycles. The molecule has 1 heterocycles. The van der Waals surface area contributed by atoms with Crippen LogP contribution in [0.15, 0.2) is 41.5 Å². The van der Waals surface area contributed by atoms with Gasteiger partial charge in [0.25, 0.3) is 0 Å². The molecule has 0 aliphatic carbocycles. The third kappa shape index (κ3) is 2.94. The molecule has 0 unspecified atom stereocenters. The van der Waals surface area contributed by atoms with Crippen molar-refractivity contribution < 1.29 is 9.31 Å². The second kappa shape index (κ2) is 5.90. The van der Waals surface area contributed by atoms with Gasteiger partial charge < -0.3 is 14.3 Å². The van der Waals surface area contributed by atoms with Crippen LogP contribution in [0.2, 0.25) is 0 Å². The lowest BCUT2D eigenvalue weighted by Gasteiger charge is -2.32. The van der Waals surface area contributed by atoms with Gasteiger partial charge in [0.05, 0.1) is 17.4 Å². The maximum atomic E-state index is 6.25. The molecule has 5 heteroatoms. The van der Waals surface area contributed by atoms with E-state index < -0.39 is 7.12 Å². The maximum Gasteiger partial charge on any atom is 0.495 e. The van der Waals surface area contributed by atoms with Gasteiger partial charge in [0.2, 0.25) is 0 Å². The highest BCUT2D eigenvalue weighted by Crippen LogP contribution is 2.37. The Labute approximate surface area is 144 Å². The molecule has 0 bridgehead atoms. The third-order valence-electron chi connectivity index (χ3n) is 4.93. The fourth-order valence-electron chi connectivity index (χ4n) is 2.81. The van der Waals surface area contributed by atoms with Crippen molar-refractivity contribution in [3.63, 3.8) is 0 Å². The molecule has 24 heavy (non-hydrogen) atoms. The summed E-state index contributed by atoms with van der Waals surface area (Å²) >= 11 is 0. The van der Waals surface area contributed by atoms with Crippen LogP contribution in [0.4, 0.5) is 0 Å². The van der Waals surface area contributed by atoms with E-state index >= 15 is 0 Å². The lowest BCUT2D eigenvalue weighted by atomic mass is 9.74. The molecule has 0 radical (unpaired) electrons. The number of hydrogen-bond acceptors (Lipinski definition) is 4. The number of rotatable bonds is 3. The Kier molecular flexibility index (Phi) is 4.18. The molecule has 1 aliphatic heterocycles. The Morgan fingerprint density at radius 1 is 0.958 bits per heavy atom. The smallest absolute Gasteiger partial charge is 0.399 e. The minimum absolute atomic E-state index is 0.362. The molecule has 1 fully saturated rings.